The van der Waals surface area contributed by atoms with Crippen molar-refractivity contribution in [3.63, 3.8) is 0 Å². The van der Waals surface area contributed by atoms with E-state index in [0.29, 0.717) is 23.3 Å². The van der Waals surface area contributed by atoms with Crippen LogP contribution in [0.4, 0.5) is 9.93 Å². The number of carbonyl (C=O) groups excluding carboxylic acids is 1. The molecule has 0 atom stereocenters. The third-order valence-electron chi connectivity index (χ3n) is 1.71. The Balaban J connectivity index is 2.60. The highest BCUT2D eigenvalue weighted by Gasteiger charge is 2.18. The zero-order valence-corrected chi connectivity index (χ0v) is 11.9. The molecule has 0 saturated heterocycles. The van der Waals surface area contributed by atoms with Gasteiger partial charge in [-0.15, -0.1) is 0 Å². The van der Waals surface area contributed by atoms with Crippen molar-refractivity contribution in [2.75, 3.05) is 18.5 Å². The summed E-state index contributed by atoms with van der Waals surface area (Å²) in [5, 5.41) is 3.68. The molecule has 0 saturated carbocycles. The fourth-order valence-corrected chi connectivity index (χ4v) is 1.94. The van der Waals surface area contributed by atoms with Crippen LogP contribution in [-0.4, -0.2) is 29.8 Å². The van der Waals surface area contributed by atoms with Gasteiger partial charge in [0.25, 0.3) is 0 Å². The summed E-state index contributed by atoms with van der Waals surface area (Å²) in [6.45, 7) is 8.07. The van der Waals surface area contributed by atoms with Crippen molar-refractivity contribution >= 4 is 22.6 Å². The van der Waals surface area contributed by atoms with Crippen LogP contribution in [0.5, 0.6) is 5.06 Å². The van der Waals surface area contributed by atoms with Gasteiger partial charge in [-0.2, -0.15) is 0 Å². The molecule has 0 aromatic carbocycles. The van der Waals surface area contributed by atoms with Crippen LogP contribution in [0.3, 0.4) is 0 Å². The first-order valence-corrected chi connectivity index (χ1v) is 6.44. The number of hydrogen-bond donors (Lipinski definition) is 2. The van der Waals surface area contributed by atoms with E-state index in [0.717, 1.165) is 5.69 Å². The van der Waals surface area contributed by atoms with E-state index in [1.807, 2.05) is 6.92 Å². The van der Waals surface area contributed by atoms with Gasteiger partial charge in [0.1, 0.15) is 12.2 Å². The van der Waals surface area contributed by atoms with E-state index in [1.54, 1.807) is 20.8 Å². The minimum atomic E-state index is -0.532. The van der Waals surface area contributed by atoms with E-state index in [9.17, 15) is 4.79 Å². The predicted octanol–water partition coefficient (Wildman–Crippen LogP) is 2.14. The maximum absolute atomic E-state index is 11.5. The first-order valence-electron chi connectivity index (χ1n) is 5.62. The van der Waals surface area contributed by atoms with Gasteiger partial charge in [0, 0.05) is 6.54 Å². The molecule has 0 radical (unpaired) electrons. The Kier molecular flexibility index (Phi) is 4.92. The van der Waals surface area contributed by atoms with Crippen LogP contribution in [-0.2, 0) is 4.74 Å². The van der Waals surface area contributed by atoms with E-state index in [2.05, 4.69) is 10.3 Å². The number of nitrogens with zero attached hydrogens (tertiary/aromatic N) is 1. The van der Waals surface area contributed by atoms with Crippen LogP contribution >= 0.6 is 11.3 Å². The Morgan fingerprint density at radius 2 is 2.17 bits per heavy atom. The van der Waals surface area contributed by atoms with Gasteiger partial charge in [0.05, 0.1) is 5.69 Å². The molecule has 1 rings (SSSR count). The zero-order chi connectivity index (χ0) is 13.8. The van der Waals surface area contributed by atoms with Gasteiger partial charge < -0.3 is 15.2 Å². The minimum absolute atomic E-state index is 0.426. The molecule has 0 aliphatic rings. The van der Waals surface area contributed by atoms with Crippen molar-refractivity contribution in [1.82, 2.24) is 4.98 Å². The molecule has 0 unspecified atom stereocenters. The molecule has 6 nitrogen and oxygen atoms in total. The van der Waals surface area contributed by atoms with Crippen molar-refractivity contribution in [2.24, 2.45) is 5.73 Å². The molecule has 0 bridgehead atoms. The Morgan fingerprint density at radius 3 is 2.72 bits per heavy atom. The third kappa shape index (κ3) is 4.89. The van der Waals surface area contributed by atoms with Crippen molar-refractivity contribution in [3.05, 3.63) is 5.69 Å². The fraction of sp³-hybridized carbons (Fsp3) is 0.636. The van der Waals surface area contributed by atoms with Crippen LogP contribution < -0.4 is 15.8 Å². The summed E-state index contributed by atoms with van der Waals surface area (Å²) in [6, 6.07) is 0. The Morgan fingerprint density at radius 1 is 1.50 bits per heavy atom. The number of nitrogens with one attached hydrogen (secondary N) is 1. The van der Waals surface area contributed by atoms with Crippen molar-refractivity contribution < 1.29 is 14.3 Å². The highest BCUT2D eigenvalue weighted by atomic mass is 32.1. The first-order chi connectivity index (χ1) is 8.31. The standard InChI is InChI=1S/C11H19N3O3S/c1-7-8(16-6-5-12)18-9(13-7)14-10(15)17-11(2,3)4/h5-6,12H2,1-4H3,(H,13,14,15). The molecule has 1 amide bonds. The Bertz CT molecular complexity index is 412. The van der Waals surface area contributed by atoms with Gasteiger partial charge in [0.15, 0.2) is 10.2 Å². The van der Waals surface area contributed by atoms with Crippen molar-refractivity contribution in [3.8, 4) is 5.06 Å². The van der Waals surface area contributed by atoms with E-state index < -0.39 is 11.7 Å². The lowest BCUT2D eigenvalue weighted by atomic mass is 10.2. The summed E-state index contributed by atoms with van der Waals surface area (Å²) in [7, 11) is 0. The van der Waals surface area contributed by atoms with Crippen LogP contribution in [0.15, 0.2) is 0 Å². The predicted molar refractivity (Wildman–Crippen MR) is 71.3 cm³/mol. The number of aromatic nitrogens is 1. The maximum atomic E-state index is 11.5. The topological polar surface area (TPSA) is 86.5 Å². The van der Waals surface area contributed by atoms with Crippen LogP contribution in [0, 0.1) is 6.92 Å². The number of rotatable bonds is 4. The molecular formula is C11H19N3O3S. The van der Waals surface area contributed by atoms with E-state index in [4.69, 9.17) is 15.2 Å². The van der Waals surface area contributed by atoms with Gasteiger partial charge in [-0.25, -0.2) is 9.78 Å². The van der Waals surface area contributed by atoms with E-state index in [1.165, 1.54) is 11.3 Å². The number of ether oxygens (including phenoxy) is 2. The molecule has 1 aromatic heterocycles. The van der Waals surface area contributed by atoms with Gasteiger partial charge in [-0.05, 0) is 27.7 Å². The van der Waals surface area contributed by atoms with E-state index >= 15 is 0 Å². The largest absolute Gasteiger partial charge is 0.481 e. The first kappa shape index (κ1) is 14.7. The summed E-state index contributed by atoms with van der Waals surface area (Å²) in [6.07, 6.45) is -0.526. The number of aryl methyl sites for hydroxylation is 1. The smallest absolute Gasteiger partial charge is 0.413 e. The lowest BCUT2D eigenvalue weighted by molar-refractivity contribution is 0.0636. The summed E-state index contributed by atoms with van der Waals surface area (Å²) in [5.41, 5.74) is 5.54. The second kappa shape index (κ2) is 6.01. The van der Waals surface area contributed by atoms with Gasteiger partial charge >= 0.3 is 6.09 Å². The third-order valence-corrected chi connectivity index (χ3v) is 2.70. The number of nitrogens with two attached hydrogens (primary N) is 1. The van der Waals surface area contributed by atoms with Crippen molar-refractivity contribution in [2.45, 2.75) is 33.3 Å². The number of hydrogen-bond acceptors (Lipinski definition) is 6. The molecule has 1 aromatic rings. The van der Waals surface area contributed by atoms with Crippen molar-refractivity contribution in [1.29, 1.82) is 0 Å². The van der Waals surface area contributed by atoms with Crippen LogP contribution in [0.2, 0.25) is 0 Å². The Labute approximate surface area is 110 Å². The molecule has 7 heteroatoms. The fourth-order valence-electron chi connectivity index (χ4n) is 1.11. The lowest BCUT2D eigenvalue weighted by Crippen LogP contribution is -2.27. The molecule has 0 aliphatic carbocycles. The number of thiazole rings is 1. The number of anilines is 1. The summed E-state index contributed by atoms with van der Waals surface area (Å²) in [5.74, 6) is 0. The highest BCUT2D eigenvalue weighted by Crippen LogP contribution is 2.30. The summed E-state index contributed by atoms with van der Waals surface area (Å²) >= 11 is 1.25. The second-order valence-electron chi connectivity index (χ2n) is 4.66. The SMILES string of the molecule is Cc1nc(NC(=O)OC(C)(C)C)sc1OCCN. The van der Waals surface area contributed by atoms with Crippen LogP contribution in [0.1, 0.15) is 26.5 Å². The molecular weight excluding hydrogens is 254 g/mol. The van der Waals surface area contributed by atoms with E-state index in [-0.39, 0.29) is 0 Å². The van der Waals surface area contributed by atoms with Gasteiger partial charge in [0.2, 0.25) is 0 Å². The highest BCUT2D eigenvalue weighted by molar-refractivity contribution is 7.17. The minimum Gasteiger partial charge on any atom is -0.481 e. The molecule has 0 aliphatic heterocycles. The quantitative estimate of drug-likeness (QED) is 0.877. The monoisotopic (exact) mass is 273 g/mol. The summed E-state index contributed by atoms with van der Waals surface area (Å²) < 4.78 is 10.5. The number of carbonyl (C=O) groups is 1. The molecule has 1 heterocycles. The van der Waals surface area contributed by atoms with Gasteiger partial charge in [-0.1, -0.05) is 11.3 Å². The molecule has 102 valence electrons. The molecule has 0 spiro atoms. The zero-order valence-electron chi connectivity index (χ0n) is 11.1. The molecule has 0 fully saturated rings. The average molecular weight is 273 g/mol. The normalized spacial score (nSPS) is 11.2. The molecule has 3 N–H and O–H groups in total. The lowest BCUT2D eigenvalue weighted by Gasteiger charge is -2.18. The summed E-state index contributed by atoms with van der Waals surface area (Å²) in [4.78, 5) is 15.7. The average Bonchev–Trinajstić information content (AvgIpc) is 2.52. The molecule has 18 heavy (non-hydrogen) atoms. The second-order valence-corrected chi connectivity index (χ2v) is 5.62. The van der Waals surface area contributed by atoms with Crippen LogP contribution in [0.25, 0.3) is 0 Å². The van der Waals surface area contributed by atoms with Gasteiger partial charge in [-0.3, -0.25) is 5.32 Å². The number of amides is 1. The maximum Gasteiger partial charge on any atom is 0.413 e. The Hall–Kier alpha value is -1.34.